The number of hydrogen-bond donors (Lipinski definition) is 4. The summed E-state index contributed by atoms with van der Waals surface area (Å²) in [6, 6.07) is 19.3. The zero-order valence-corrected chi connectivity index (χ0v) is 15.9. The molecule has 0 atom stereocenters. The van der Waals surface area contributed by atoms with E-state index >= 15 is 0 Å². The highest BCUT2D eigenvalue weighted by molar-refractivity contribution is 7.80. The van der Waals surface area contributed by atoms with Crippen LogP contribution in [0.4, 0.5) is 5.69 Å². The fourth-order valence-corrected chi connectivity index (χ4v) is 2.66. The van der Waals surface area contributed by atoms with Crippen LogP contribution in [0.25, 0.3) is 11.3 Å². The Kier molecular flexibility index (Phi) is 5.83. The highest BCUT2D eigenvalue weighted by atomic mass is 32.1. The Hall–Kier alpha value is -3.19. The smallest absolute Gasteiger partial charge is 0.287 e. The second-order valence-corrected chi connectivity index (χ2v) is 6.75. The van der Waals surface area contributed by atoms with Gasteiger partial charge in [-0.05, 0) is 41.9 Å². The van der Waals surface area contributed by atoms with Gasteiger partial charge in [0.05, 0.1) is 5.69 Å². The molecule has 138 valence electrons. The second kappa shape index (κ2) is 8.46. The van der Waals surface area contributed by atoms with Gasteiger partial charge in [0.1, 0.15) is 5.69 Å². The highest BCUT2D eigenvalue weighted by Gasteiger charge is 2.11. The van der Waals surface area contributed by atoms with Gasteiger partial charge in [0.15, 0.2) is 5.11 Å². The lowest BCUT2D eigenvalue weighted by Gasteiger charge is -2.12. The fourth-order valence-electron chi connectivity index (χ4n) is 2.49. The summed E-state index contributed by atoms with van der Waals surface area (Å²) in [7, 11) is 0. The first-order valence-electron chi connectivity index (χ1n) is 8.61. The number of benzene rings is 2. The maximum Gasteiger partial charge on any atom is 0.287 e. The largest absolute Gasteiger partial charge is 0.331 e. The predicted octanol–water partition coefficient (Wildman–Crippen LogP) is 3.83. The number of hydrogen-bond acceptors (Lipinski definition) is 3. The SMILES string of the molecule is CC(C)c1ccc(NC(=S)NNC(=O)c2cc(-c3ccccc3)n[nH]2)cc1. The number of nitrogens with zero attached hydrogens (tertiary/aromatic N) is 1. The topological polar surface area (TPSA) is 81.8 Å². The third-order valence-electron chi connectivity index (χ3n) is 4.02. The van der Waals surface area contributed by atoms with Crippen LogP contribution < -0.4 is 16.2 Å². The Morgan fingerprint density at radius 2 is 1.74 bits per heavy atom. The zero-order valence-electron chi connectivity index (χ0n) is 15.1. The van der Waals surface area contributed by atoms with Crippen molar-refractivity contribution in [1.29, 1.82) is 0 Å². The van der Waals surface area contributed by atoms with Gasteiger partial charge in [-0.25, -0.2) is 0 Å². The summed E-state index contributed by atoms with van der Waals surface area (Å²) in [5, 5.41) is 10.2. The Bertz CT molecular complexity index is 919. The first kappa shape index (κ1) is 18.6. The van der Waals surface area contributed by atoms with Crippen molar-refractivity contribution >= 4 is 28.9 Å². The summed E-state index contributed by atoms with van der Waals surface area (Å²) in [5.41, 5.74) is 9.31. The van der Waals surface area contributed by atoms with Gasteiger partial charge in [0.2, 0.25) is 0 Å². The van der Waals surface area contributed by atoms with Crippen molar-refractivity contribution in [2.75, 3.05) is 5.32 Å². The number of nitrogens with one attached hydrogen (secondary N) is 4. The molecule has 0 aliphatic carbocycles. The van der Waals surface area contributed by atoms with Gasteiger partial charge in [-0.2, -0.15) is 5.10 Å². The number of rotatable bonds is 4. The molecule has 0 aliphatic heterocycles. The molecule has 0 radical (unpaired) electrons. The fraction of sp³-hybridized carbons (Fsp3) is 0.150. The molecule has 0 spiro atoms. The molecule has 3 aromatic rings. The summed E-state index contributed by atoms with van der Waals surface area (Å²) < 4.78 is 0. The number of amides is 1. The molecule has 1 heterocycles. The third kappa shape index (κ3) is 4.92. The van der Waals surface area contributed by atoms with E-state index in [0.717, 1.165) is 11.3 Å². The minimum atomic E-state index is -0.357. The quantitative estimate of drug-likeness (QED) is 0.409. The summed E-state index contributed by atoms with van der Waals surface area (Å²) >= 11 is 5.21. The predicted molar refractivity (Wildman–Crippen MR) is 111 cm³/mol. The van der Waals surface area contributed by atoms with Gasteiger partial charge >= 0.3 is 0 Å². The van der Waals surface area contributed by atoms with Crippen molar-refractivity contribution < 1.29 is 4.79 Å². The molecule has 0 saturated carbocycles. The average molecular weight is 379 g/mol. The minimum Gasteiger partial charge on any atom is -0.331 e. The van der Waals surface area contributed by atoms with E-state index in [0.29, 0.717) is 22.4 Å². The summed E-state index contributed by atoms with van der Waals surface area (Å²) in [6.07, 6.45) is 0. The van der Waals surface area contributed by atoms with Gasteiger partial charge in [-0.1, -0.05) is 56.3 Å². The van der Waals surface area contributed by atoms with E-state index in [9.17, 15) is 4.79 Å². The van der Waals surface area contributed by atoms with Gasteiger partial charge < -0.3 is 5.32 Å². The van der Waals surface area contributed by atoms with Gasteiger partial charge in [0, 0.05) is 11.3 Å². The van der Waals surface area contributed by atoms with Crippen LogP contribution in [-0.2, 0) is 0 Å². The van der Waals surface area contributed by atoms with Crippen LogP contribution in [0.3, 0.4) is 0 Å². The summed E-state index contributed by atoms with van der Waals surface area (Å²) in [5.74, 6) is 0.114. The van der Waals surface area contributed by atoms with E-state index in [-0.39, 0.29) is 5.91 Å². The second-order valence-electron chi connectivity index (χ2n) is 6.34. The number of carbonyl (C=O) groups excluding carboxylic acids is 1. The summed E-state index contributed by atoms with van der Waals surface area (Å²) in [4.78, 5) is 12.2. The first-order chi connectivity index (χ1) is 13.0. The molecule has 0 bridgehead atoms. The van der Waals surface area contributed by atoms with E-state index < -0.39 is 0 Å². The molecule has 7 heteroatoms. The van der Waals surface area contributed by atoms with E-state index in [4.69, 9.17) is 12.2 Å². The monoisotopic (exact) mass is 379 g/mol. The van der Waals surface area contributed by atoms with Crippen molar-refractivity contribution in [3.8, 4) is 11.3 Å². The number of hydrazine groups is 1. The van der Waals surface area contributed by atoms with E-state index in [1.54, 1.807) is 6.07 Å². The Morgan fingerprint density at radius 3 is 2.41 bits per heavy atom. The molecular weight excluding hydrogens is 358 g/mol. The van der Waals surface area contributed by atoms with Crippen LogP contribution in [0.2, 0.25) is 0 Å². The molecular formula is C20H21N5OS. The Morgan fingerprint density at radius 1 is 1.04 bits per heavy atom. The molecule has 0 unspecified atom stereocenters. The van der Waals surface area contributed by atoms with Crippen LogP contribution in [0.5, 0.6) is 0 Å². The third-order valence-corrected chi connectivity index (χ3v) is 4.22. The van der Waals surface area contributed by atoms with Crippen molar-refractivity contribution in [3.63, 3.8) is 0 Å². The normalized spacial score (nSPS) is 10.5. The van der Waals surface area contributed by atoms with E-state index in [1.807, 2.05) is 54.6 Å². The standard InChI is InChI=1S/C20H21N5OS/c1-13(2)14-8-10-16(11-9-14)21-20(27)25-24-19(26)18-12-17(22-23-18)15-6-4-3-5-7-15/h3-13H,1-2H3,(H,22,23)(H,24,26)(H2,21,25,27). The first-order valence-corrected chi connectivity index (χ1v) is 9.02. The molecule has 0 aliphatic rings. The van der Waals surface area contributed by atoms with Crippen molar-refractivity contribution in [2.24, 2.45) is 0 Å². The lowest BCUT2D eigenvalue weighted by atomic mass is 10.0. The molecule has 0 saturated heterocycles. The number of aromatic amines is 1. The minimum absolute atomic E-state index is 0.295. The van der Waals surface area contributed by atoms with Crippen LogP contribution in [-0.4, -0.2) is 21.2 Å². The van der Waals surface area contributed by atoms with Gasteiger partial charge in [-0.3, -0.25) is 20.7 Å². The Labute approximate surface area is 163 Å². The van der Waals surface area contributed by atoms with Crippen molar-refractivity contribution in [2.45, 2.75) is 19.8 Å². The molecule has 1 aromatic heterocycles. The van der Waals surface area contributed by atoms with Crippen molar-refractivity contribution in [3.05, 3.63) is 71.9 Å². The maximum atomic E-state index is 12.2. The maximum absolute atomic E-state index is 12.2. The summed E-state index contributed by atoms with van der Waals surface area (Å²) in [6.45, 7) is 4.28. The lowest BCUT2D eigenvalue weighted by molar-refractivity contribution is 0.0939. The van der Waals surface area contributed by atoms with E-state index in [2.05, 4.69) is 40.2 Å². The number of anilines is 1. The van der Waals surface area contributed by atoms with Crippen LogP contribution >= 0.6 is 12.2 Å². The van der Waals surface area contributed by atoms with Crippen LogP contribution in [0, 0.1) is 0 Å². The van der Waals surface area contributed by atoms with Crippen LogP contribution in [0.15, 0.2) is 60.7 Å². The molecule has 6 nitrogen and oxygen atoms in total. The van der Waals surface area contributed by atoms with Crippen molar-refractivity contribution in [1.82, 2.24) is 21.0 Å². The highest BCUT2D eigenvalue weighted by Crippen LogP contribution is 2.17. The average Bonchev–Trinajstić information content (AvgIpc) is 3.17. The number of carbonyl (C=O) groups is 1. The molecule has 2 aromatic carbocycles. The molecule has 4 N–H and O–H groups in total. The Balaban J connectivity index is 1.53. The van der Waals surface area contributed by atoms with E-state index in [1.165, 1.54) is 5.56 Å². The molecule has 0 fully saturated rings. The lowest BCUT2D eigenvalue weighted by Crippen LogP contribution is -2.43. The van der Waals surface area contributed by atoms with Gasteiger partial charge in [-0.15, -0.1) is 0 Å². The molecule has 3 rings (SSSR count). The zero-order chi connectivity index (χ0) is 19.2. The number of H-pyrrole nitrogens is 1. The number of thiocarbonyl (C=S) groups is 1. The van der Waals surface area contributed by atoms with Gasteiger partial charge in [0.25, 0.3) is 5.91 Å². The molecule has 1 amide bonds. The molecule has 27 heavy (non-hydrogen) atoms. The number of aromatic nitrogens is 2. The van der Waals surface area contributed by atoms with Crippen LogP contribution in [0.1, 0.15) is 35.8 Å².